The highest BCUT2D eigenvalue weighted by Gasteiger charge is 2.30. The van der Waals surface area contributed by atoms with Crippen LogP contribution in [0.5, 0.6) is 0 Å². The quantitative estimate of drug-likeness (QED) is 0.729. The van der Waals surface area contributed by atoms with Crippen LogP contribution >= 0.6 is 0 Å². The number of alkyl carbamates (subject to hydrolysis) is 1. The average Bonchev–Trinajstić information content (AvgIpc) is 2.36. The number of aliphatic hydroxyl groups excluding tert-OH is 2. The summed E-state index contributed by atoms with van der Waals surface area (Å²) in [6, 6.07) is -0.469. The van der Waals surface area contributed by atoms with Gasteiger partial charge in [0.1, 0.15) is 5.60 Å². The van der Waals surface area contributed by atoms with E-state index >= 15 is 0 Å². The molecular weight excluding hydrogens is 270 g/mol. The molecule has 3 atom stereocenters. The molecule has 0 aromatic heterocycles. The van der Waals surface area contributed by atoms with E-state index in [1.165, 1.54) is 26.2 Å². The summed E-state index contributed by atoms with van der Waals surface area (Å²) < 4.78 is 5.24. The Bertz CT molecular complexity index is 319. The maximum Gasteiger partial charge on any atom is 0.407 e. The first-order chi connectivity index (χ1) is 9.69. The van der Waals surface area contributed by atoms with Crippen molar-refractivity contribution in [3.8, 4) is 0 Å². The maximum atomic E-state index is 11.9. The molecule has 0 radical (unpaired) electrons. The lowest BCUT2D eigenvalue weighted by atomic mass is 9.83. The van der Waals surface area contributed by atoms with E-state index < -0.39 is 29.9 Å². The van der Waals surface area contributed by atoms with Crippen molar-refractivity contribution in [3.63, 3.8) is 0 Å². The Hall–Kier alpha value is -0.810. The molecule has 0 aromatic carbocycles. The van der Waals surface area contributed by atoms with Crippen LogP contribution in [0.4, 0.5) is 4.79 Å². The van der Waals surface area contributed by atoms with Gasteiger partial charge in [-0.3, -0.25) is 0 Å². The van der Waals surface area contributed by atoms with Gasteiger partial charge in [-0.15, -0.1) is 0 Å². The van der Waals surface area contributed by atoms with Gasteiger partial charge in [-0.05, 0) is 40.0 Å². The van der Waals surface area contributed by atoms with E-state index in [0.29, 0.717) is 12.3 Å². The second-order valence-electron chi connectivity index (χ2n) is 7.22. The van der Waals surface area contributed by atoms with Gasteiger partial charge in [0.2, 0.25) is 0 Å². The van der Waals surface area contributed by atoms with Gasteiger partial charge in [0, 0.05) is 0 Å². The van der Waals surface area contributed by atoms with Crippen LogP contribution in [-0.4, -0.2) is 40.2 Å². The van der Waals surface area contributed by atoms with Gasteiger partial charge in [-0.1, -0.05) is 32.1 Å². The summed E-state index contributed by atoms with van der Waals surface area (Å²) in [4.78, 5) is 11.9. The van der Waals surface area contributed by atoms with Crippen molar-refractivity contribution in [3.05, 3.63) is 0 Å². The van der Waals surface area contributed by atoms with Crippen LogP contribution in [0.2, 0.25) is 0 Å². The molecule has 124 valence electrons. The second kappa shape index (κ2) is 7.99. The Balaban J connectivity index is 2.61. The van der Waals surface area contributed by atoms with Gasteiger partial charge in [0.05, 0.1) is 18.2 Å². The lowest BCUT2D eigenvalue weighted by Gasteiger charge is -2.32. The lowest BCUT2D eigenvalue weighted by molar-refractivity contribution is -0.00654. The Morgan fingerprint density at radius 2 is 1.81 bits per heavy atom. The van der Waals surface area contributed by atoms with Crippen LogP contribution in [0.25, 0.3) is 0 Å². The van der Waals surface area contributed by atoms with Crippen molar-refractivity contribution in [1.29, 1.82) is 0 Å². The van der Waals surface area contributed by atoms with Gasteiger partial charge >= 0.3 is 6.09 Å². The molecule has 1 saturated carbocycles. The number of rotatable bonds is 5. The molecule has 1 aliphatic carbocycles. The molecule has 0 aliphatic heterocycles. The minimum atomic E-state index is -0.973. The molecule has 1 amide bonds. The zero-order valence-electron chi connectivity index (χ0n) is 13.8. The molecule has 0 spiro atoms. The Kier molecular flexibility index (Phi) is 6.94. The monoisotopic (exact) mass is 301 g/mol. The number of hydrogen-bond acceptors (Lipinski definition) is 4. The van der Waals surface area contributed by atoms with Crippen LogP contribution in [-0.2, 0) is 4.74 Å². The fraction of sp³-hybridized carbons (Fsp3) is 0.938. The van der Waals surface area contributed by atoms with Gasteiger partial charge in [-0.25, -0.2) is 4.79 Å². The van der Waals surface area contributed by atoms with Crippen molar-refractivity contribution >= 4 is 6.09 Å². The molecule has 5 nitrogen and oxygen atoms in total. The van der Waals surface area contributed by atoms with Crippen molar-refractivity contribution in [2.75, 3.05) is 0 Å². The standard InChI is InChI=1S/C16H31NO4/c1-11(18)14(19)13(10-12-8-6-5-7-9-12)17-15(20)21-16(2,3)4/h11-14,18-19H,5-10H2,1-4H3,(H,17,20)/t11-,13-,14-/m0/s1. The van der Waals surface area contributed by atoms with Crippen molar-refractivity contribution in [2.24, 2.45) is 5.92 Å². The van der Waals surface area contributed by atoms with E-state index in [1.807, 2.05) is 0 Å². The van der Waals surface area contributed by atoms with Gasteiger partial charge < -0.3 is 20.3 Å². The van der Waals surface area contributed by atoms with Crippen LogP contribution in [0, 0.1) is 5.92 Å². The second-order valence-corrected chi connectivity index (χ2v) is 7.22. The van der Waals surface area contributed by atoms with E-state index in [4.69, 9.17) is 4.74 Å². The summed E-state index contributed by atoms with van der Waals surface area (Å²) in [6.45, 7) is 6.94. The van der Waals surface area contributed by atoms with E-state index in [0.717, 1.165) is 12.8 Å². The minimum Gasteiger partial charge on any atom is -0.444 e. The molecule has 21 heavy (non-hydrogen) atoms. The number of amides is 1. The van der Waals surface area contributed by atoms with Gasteiger partial charge in [-0.2, -0.15) is 0 Å². The summed E-state index contributed by atoms with van der Waals surface area (Å²) in [5, 5.41) is 22.5. The summed E-state index contributed by atoms with van der Waals surface area (Å²) in [6.07, 6.45) is 4.21. The topological polar surface area (TPSA) is 78.8 Å². The molecule has 0 unspecified atom stereocenters. The number of ether oxygens (including phenoxy) is 1. The highest BCUT2D eigenvalue weighted by atomic mass is 16.6. The third-order valence-electron chi connectivity index (χ3n) is 3.92. The molecule has 0 heterocycles. The molecular formula is C16H31NO4. The summed E-state index contributed by atoms with van der Waals surface area (Å²) in [5.74, 6) is 0.493. The molecule has 0 aromatic rings. The molecule has 0 saturated heterocycles. The Morgan fingerprint density at radius 1 is 1.24 bits per heavy atom. The number of aliphatic hydroxyl groups is 2. The smallest absolute Gasteiger partial charge is 0.407 e. The Labute approximate surface area is 128 Å². The molecule has 0 bridgehead atoms. The summed E-state index contributed by atoms with van der Waals surface area (Å²) in [7, 11) is 0. The van der Waals surface area contributed by atoms with Crippen LogP contribution in [0.1, 0.15) is 66.2 Å². The lowest BCUT2D eigenvalue weighted by Crippen LogP contribution is -2.50. The maximum absolute atomic E-state index is 11.9. The Morgan fingerprint density at radius 3 is 2.29 bits per heavy atom. The number of carbonyl (C=O) groups is 1. The predicted octanol–water partition coefficient (Wildman–Crippen LogP) is 2.59. The zero-order chi connectivity index (χ0) is 16.0. The summed E-state index contributed by atoms with van der Waals surface area (Å²) >= 11 is 0. The average molecular weight is 301 g/mol. The fourth-order valence-electron chi connectivity index (χ4n) is 2.86. The third kappa shape index (κ3) is 7.14. The van der Waals surface area contributed by atoms with Crippen LogP contribution in [0.15, 0.2) is 0 Å². The number of carbonyl (C=O) groups excluding carboxylic acids is 1. The van der Waals surface area contributed by atoms with Crippen LogP contribution < -0.4 is 5.32 Å². The van der Waals surface area contributed by atoms with Crippen molar-refractivity contribution in [2.45, 2.75) is 90.1 Å². The van der Waals surface area contributed by atoms with E-state index in [9.17, 15) is 15.0 Å². The first kappa shape index (κ1) is 18.2. The highest BCUT2D eigenvalue weighted by Crippen LogP contribution is 2.28. The third-order valence-corrected chi connectivity index (χ3v) is 3.92. The van der Waals surface area contributed by atoms with E-state index in [2.05, 4.69) is 5.32 Å². The van der Waals surface area contributed by atoms with Crippen molar-refractivity contribution < 1.29 is 19.7 Å². The number of hydrogen-bond donors (Lipinski definition) is 3. The largest absolute Gasteiger partial charge is 0.444 e. The number of nitrogens with one attached hydrogen (secondary N) is 1. The highest BCUT2D eigenvalue weighted by molar-refractivity contribution is 5.68. The van der Waals surface area contributed by atoms with Crippen molar-refractivity contribution in [1.82, 2.24) is 5.32 Å². The van der Waals surface area contributed by atoms with Crippen LogP contribution in [0.3, 0.4) is 0 Å². The first-order valence-electron chi connectivity index (χ1n) is 8.04. The molecule has 1 aliphatic rings. The minimum absolute atomic E-state index is 0.469. The molecule has 1 rings (SSSR count). The first-order valence-corrected chi connectivity index (χ1v) is 8.04. The normalized spacial score (nSPS) is 21.4. The van der Waals surface area contributed by atoms with Gasteiger partial charge in [0.15, 0.2) is 0 Å². The zero-order valence-corrected chi connectivity index (χ0v) is 13.8. The predicted molar refractivity (Wildman–Crippen MR) is 82.0 cm³/mol. The fourth-order valence-corrected chi connectivity index (χ4v) is 2.86. The molecule has 3 N–H and O–H groups in total. The molecule has 1 fully saturated rings. The van der Waals surface area contributed by atoms with E-state index in [-0.39, 0.29) is 0 Å². The molecule has 5 heteroatoms. The van der Waals surface area contributed by atoms with Gasteiger partial charge in [0.25, 0.3) is 0 Å². The SMILES string of the molecule is C[C@H](O)[C@H](O)[C@H](CC1CCCCC1)NC(=O)OC(C)(C)C. The summed E-state index contributed by atoms with van der Waals surface area (Å²) in [5.41, 5.74) is -0.574. The van der Waals surface area contributed by atoms with E-state index in [1.54, 1.807) is 20.8 Å².